The van der Waals surface area contributed by atoms with Crippen molar-refractivity contribution in [2.75, 3.05) is 19.6 Å². The number of fused-ring (bicyclic) bond motifs is 4. The fraction of sp³-hybridized carbons (Fsp3) is 0.467. The predicted molar refractivity (Wildman–Crippen MR) is 80.0 cm³/mol. The molecule has 0 spiro atoms. The third kappa shape index (κ3) is 2.11. The SMILES string of the molecule is O=C(NC1CN2CCC1CC2)c1cnc2sccc2c1. The molecule has 0 radical (unpaired) electrons. The highest BCUT2D eigenvalue weighted by atomic mass is 32.1. The smallest absolute Gasteiger partial charge is 0.253 e. The number of nitrogens with one attached hydrogen (secondary N) is 1. The first-order valence-corrected chi connectivity index (χ1v) is 8.04. The van der Waals surface area contributed by atoms with Crippen LogP contribution in [0.3, 0.4) is 0 Å². The van der Waals surface area contributed by atoms with E-state index in [1.54, 1.807) is 17.5 Å². The van der Waals surface area contributed by atoms with Crippen LogP contribution in [0.2, 0.25) is 0 Å². The van der Waals surface area contributed by atoms with Crippen LogP contribution in [0.5, 0.6) is 0 Å². The number of hydrogen-bond donors (Lipinski definition) is 1. The maximum absolute atomic E-state index is 12.4. The maximum Gasteiger partial charge on any atom is 0.253 e. The largest absolute Gasteiger partial charge is 0.348 e. The molecule has 5 heterocycles. The lowest BCUT2D eigenvalue weighted by Crippen LogP contribution is -2.57. The zero-order chi connectivity index (χ0) is 13.5. The highest BCUT2D eigenvalue weighted by Gasteiger charge is 2.34. The molecule has 0 saturated carbocycles. The van der Waals surface area contributed by atoms with Crippen LogP contribution >= 0.6 is 11.3 Å². The van der Waals surface area contributed by atoms with Gasteiger partial charge in [-0.05, 0) is 49.4 Å². The van der Waals surface area contributed by atoms with Crippen molar-refractivity contribution in [2.24, 2.45) is 5.92 Å². The highest BCUT2D eigenvalue weighted by Crippen LogP contribution is 2.27. The van der Waals surface area contributed by atoms with E-state index in [1.165, 1.54) is 25.9 Å². The first-order chi connectivity index (χ1) is 9.79. The molecule has 3 fully saturated rings. The molecule has 104 valence electrons. The van der Waals surface area contributed by atoms with E-state index in [0.717, 1.165) is 16.8 Å². The van der Waals surface area contributed by atoms with Crippen molar-refractivity contribution in [3.05, 3.63) is 29.3 Å². The molecule has 1 N–H and O–H groups in total. The van der Waals surface area contributed by atoms with Gasteiger partial charge in [0.25, 0.3) is 5.91 Å². The summed E-state index contributed by atoms with van der Waals surface area (Å²) >= 11 is 1.60. The Hall–Kier alpha value is -1.46. The van der Waals surface area contributed by atoms with Gasteiger partial charge in [0.2, 0.25) is 0 Å². The third-order valence-electron chi connectivity index (χ3n) is 4.54. The molecule has 1 atom stereocenters. The second-order valence-electron chi connectivity index (χ2n) is 5.76. The Labute approximate surface area is 121 Å². The number of rotatable bonds is 2. The van der Waals surface area contributed by atoms with Gasteiger partial charge < -0.3 is 10.2 Å². The van der Waals surface area contributed by atoms with Gasteiger partial charge in [0.15, 0.2) is 0 Å². The summed E-state index contributed by atoms with van der Waals surface area (Å²) in [6.07, 6.45) is 4.12. The van der Waals surface area contributed by atoms with Crippen molar-refractivity contribution in [1.82, 2.24) is 15.2 Å². The number of piperidine rings is 3. The average molecular weight is 287 g/mol. The fourth-order valence-electron chi connectivity index (χ4n) is 3.36. The lowest BCUT2D eigenvalue weighted by Gasteiger charge is -2.44. The van der Waals surface area contributed by atoms with Gasteiger partial charge in [0.05, 0.1) is 5.56 Å². The van der Waals surface area contributed by atoms with Gasteiger partial charge in [0, 0.05) is 24.2 Å². The summed E-state index contributed by atoms with van der Waals surface area (Å²) in [7, 11) is 0. The molecule has 0 aliphatic carbocycles. The van der Waals surface area contributed by atoms with Crippen molar-refractivity contribution in [2.45, 2.75) is 18.9 Å². The van der Waals surface area contributed by atoms with E-state index < -0.39 is 0 Å². The Kier molecular flexibility index (Phi) is 2.97. The number of amides is 1. The molecule has 20 heavy (non-hydrogen) atoms. The quantitative estimate of drug-likeness (QED) is 0.920. The van der Waals surface area contributed by atoms with E-state index in [2.05, 4.69) is 15.2 Å². The minimum Gasteiger partial charge on any atom is -0.348 e. The summed E-state index contributed by atoms with van der Waals surface area (Å²) in [5.74, 6) is 0.672. The van der Waals surface area contributed by atoms with Crippen molar-refractivity contribution < 1.29 is 4.79 Å². The standard InChI is InChI=1S/C15H17N3OS/c19-14(12-7-11-3-6-20-15(11)16-8-12)17-13-9-18-4-1-10(13)2-5-18/h3,6-8,10,13H,1-2,4-5,9H2,(H,17,19). The second kappa shape index (κ2) is 4.82. The van der Waals surface area contributed by atoms with E-state index in [9.17, 15) is 4.79 Å². The number of nitrogens with zero attached hydrogens (tertiary/aromatic N) is 2. The molecule has 1 amide bonds. The van der Waals surface area contributed by atoms with E-state index >= 15 is 0 Å². The van der Waals surface area contributed by atoms with Crippen molar-refractivity contribution in [1.29, 1.82) is 0 Å². The van der Waals surface area contributed by atoms with Gasteiger partial charge in [-0.2, -0.15) is 0 Å². The summed E-state index contributed by atoms with van der Waals surface area (Å²) in [5.41, 5.74) is 0.673. The molecular formula is C15H17N3OS. The molecule has 5 heteroatoms. The lowest BCUT2D eigenvalue weighted by molar-refractivity contribution is 0.0620. The Morgan fingerprint density at radius 1 is 1.40 bits per heavy atom. The molecule has 2 aromatic heterocycles. The van der Waals surface area contributed by atoms with Gasteiger partial charge in [-0.25, -0.2) is 4.98 Å². The molecule has 5 rings (SSSR count). The number of carbonyl (C=O) groups excluding carboxylic acids is 1. The van der Waals surface area contributed by atoms with Crippen LogP contribution in [0.15, 0.2) is 23.7 Å². The molecular weight excluding hydrogens is 270 g/mol. The molecule has 1 unspecified atom stereocenters. The normalized spacial score (nSPS) is 28.7. The molecule has 3 aliphatic heterocycles. The van der Waals surface area contributed by atoms with Crippen LogP contribution < -0.4 is 5.32 Å². The average Bonchev–Trinajstić information content (AvgIpc) is 2.96. The summed E-state index contributed by atoms with van der Waals surface area (Å²) in [4.78, 5) is 20.2. The fourth-order valence-corrected chi connectivity index (χ4v) is 4.08. The summed E-state index contributed by atoms with van der Waals surface area (Å²) in [6.45, 7) is 3.39. The van der Waals surface area contributed by atoms with E-state index in [1.807, 2.05) is 17.5 Å². The van der Waals surface area contributed by atoms with Gasteiger partial charge in [-0.3, -0.25) is 4.79 Å². The van der Waals surface area contributed by atoms with Crippen LogP contribution in [0.4, 0.5) is 0 Å². The summed E-state index contributed by atoms with van der Waals surface area (Å²) in [6, 6.07) is 4.26. The van der Waals surface area contributed by atoms with Crippen LogP contribution in [-0.4, -0.2) is 41.5 Å². The van der Waals surface area contributed by atoms with Crippen LogP contribution in [-0.2, 0) is 0 Å². The van der Waals surface area contributed by atoms with E-state index in [0.29, 0.717) is 17.5 Å². The molecule has 2 bridgehead atoms. The first-order valence-electron chi connectivity index (χ1n) is 7.16. The monoisotopic (exact) mass is 287 g/mol. The van der Waals surface area contributed by atoms with Crippen LogP contribution in [0, 0.1) is 5.92 Å². The zero-order valence-corrected chi connectivity index (χ0v) is 12.0. The van der Waals surface area contributed by atoms with Crippen LogP contribution in [0.25, 0.3) is 10.2 Å². The number of carbonyl (C=O) groups is 1. The van der Waals surface area contributed by atoms with Gasteiger partial charge >= 0.3 is 0 Å². The predicted octanol–water partition coefficient (Wildman–Crippen LogP) is 2.12. The Balaban J connectivity index is 1.52. The zero-order valence-electron chi connectivity index (χ0n) is 11.2. The summed E-state index contributed by atoms with van der Waals surface area (Å²) < 4.78 is 0. The molecule has 0 aromatic carbocycles. The number of pyridine rings is 1. The van der Waals surface area contributed by atoms with Crippen molar-refractivity contribution in [3.8, 4) is 0 Å². The lowest BCUT2D eigenvalue weighted by atomic mass is 9.84. The van der Waals surface area contributed by atoms with Gasteiger partial charge in [0.1, 0.15) is 4.83 Å². The molecule has 3 saturated heterocycles. The van der Waals surface area contributed by atoms with Gasteiger partial charge in [-0.15, -0.1) is 11.3 Å². The van der Waals surface area contributed by atoms with Crippen LogP contribution in [0.1, 0.15) is 23.2 Å². The topological polar surface area (TPSA) is 45.2 Å². The minimum absolute atomic E-state index is 0.0179. The molecule has 3 aliphatic rings. The number of hydrogen-bond acceptors (Lipinski definition) is 4. The highest BCUT2D eigenvalue weighted by molar-refractivity contribution is 7.16. The summed E-state index contributed by atoms with van der Waals surface area (Å²) in [5, 5.41) is 6.27. The maximum atomic E-state index is 12.4. The second-order valence-corrected chi connectivity index (χ2v) is 6.65. The van der Waals surface area contributed by atoms with E-state index in [-0.39, 0.29) is 5.91 Å². The van der Waals surface area contributed by atoms with Crippen molar-refractivity contribution in [3.63, 3.8) is 0 Å². The molecule has 2 aromatic rings. The first kappa shape index (κ1) is 12.3. The van der Waals surface area contributed by atoms with E-state index in [4.69, 9.17) is 0 Å². The Morgan fingerprint density at radius 3 is 3.00 bits per heavy atom. The Morgan fingerprint density at radius 2 is 2.25 bits per heavy atom. The molecule has 4 nitrogen and oxygen atoms in total. The third-order valence-corrected chi connectivity index (χ3v) is 5.38. The number of aromatic nitrogens is 1. The Bertz CT molecular complexity index is 645. The van der Waals surface area contributed by atoms with Crippen molar-refractivity contribution >= 4 is 27.5 Å². The van der Waals surface area contributed by atoms with Gasteiger partial charge in [-0.1, -0.05) is 0 Å². The number of thiophene rings is 1. The minimum atomic E-state index is 0.0179.